The Morgan fingerprint density at radius 2 is 1.82 bits per heavy atom. The summed E-state index contributed by atoms with van der Waals surface area (Å²) in [6, 6.07) is 12.5. The van der Waals surface area contributed by atoms with Crippen LogP contribution in [-0.4, -0.2) is 7.11 Å². The third-order valence-corrected chi connectivity index (χ3v) is 4.77. The molecule has 0 amide bonds. The van der Waals surface area contributed by atoms with Gasteiger partial charge in [-0.3, -0.25) is 0 Å². The van der Waals surface area contributed by atoms with Gasteiger partial charge in [0.1, 0.15) is 0 Å². The number of hydrogen-bond donors (Lipinski definition) is 0. The minimum atomic E-state index is 0.132. The van der Waals surface area contributed by atoms with Gasteiger partial charge in [-0.25, -0.2) is 0 Å². The molecule has 0 aliphatic carbocycles. The minimum Gasteiger partial charge on any atom is -0.376 e. The van der Waals surface area contributed by atoms with Crippen molar-refractivity contribution < 1.29 is 4.74 Å². The van der Waals surface area contributed by atoms with Crippen molar-refractivity contribution >= 4 is 43.2 Å². The van der Waals surface area contributed by atoms with Crippen molar-refractivity contribution in [3.63, 3.8) is 0 Å². The Morgan fingerprint density at radius 3 is 2.35 bits per heavy atom. The summed E-state index contributed by atoms with van der Waals surface area (Å²) in [4.78, 5) is 1.25. The SMILES string of the molecule is COC(Cc1ccc(Br)cc1)c1ccc(Br)s1. The van der Waals surface area contributed by atoms with Crippen molar-refractivity contribution in [3.05, 3.63) is 55.1 Å². The molecule has 1 atom stereocenters. The number of methoxy groups -OCH3 is 1. The number of halogens is 2. The number of ether oxygens (including phenoxy) is 1. The summed E-state index contributed by atoms with van der Waals surface area (Å²) in [5, 5.41) is 0. The zero-order valence-corrected chi connectivity index (χ0v) is 13.3. The van der Waals surface area contributed by atoms with E-state index in [1.54, 1.807) is 18.4 Å². The Labute approximate surface area is 122 Å². The summed E-state index contributed by atoms with van der Waals surface area (Å²) >= 11 is 8.65. The van der Waals surface area contributed by atoms with Crippen molar-refractivity contribution in [2.45, 2.75) is 12.5 Å². The van der Waals surface area contributed by atoms with Crippen molar-refractivity contribution in [2.75, 3.05) is 7.11 Å². The number of benzene rings is 1. The fourth-order valence-electron chi connectivity index (χ4n) is 1.64. The number of rotatable bonds is 4. The molecule has 0 fully saturated rings. The average molecular weight is 376 g/mol. The highest BCUT2D eigenvalue weighted by Gasteiger charge is 2.13. The van der Waals surface area contributed by atoms with Crippen LogP contribution in [0.3, 0.4) is 0 Å². The summed E-state index contributed by atoms with van der Waals surface area (Å²) in [5.74, 6) is 0. The molecule has 17 heavy (non-hydrogen) atoms. The summed E-state index contributed by atoms with van der Waals surface area (Å²) in [5.41, 5.74) is 1.28. The third-order valence-electron chi connectivity index (χ3n) is 2.53. The highest BCUT2D eigenvalue weighted by molar-refractivity contribution is 9.11. The molecule has 1 aromatic carbocycles. The fraction of sp³-hybridized carbons (Fsp3) is 0.231. The van der Waals surface area contributed by atoms with Gasteiger partial charge in [-0.2, -0.15) is 0 Å². The van der Waals surface area contributed by atoms with Gasteiger partial charge < -0.3 is 4.74 Å². The first kappa shape index (κ1) is 13.3. The number of hydrogen-bond acceptors (Lipinski definition) is 2. The van der Waals surface area contributed by atoms with Crippen LogP contribution in [0.1, 0.15) is 16.5 Å². The van der Waals surface area contributed by atoms with Crippen LogP contribution in [0.2, 0.25) is 0 Å². The van der Waals surface area contributed by atoms with Crippen LogP contribution in [0.5, 0.6) is 0 Å². The van der Waals surface area contributed by atoms with Gasteiger partial charge in [-0.05, 0) is 45.8 Å². The molecule has 0 saturated carbocycles. The zero-order chi connectivity index (χ0) is 12.3. The van der Waals surface area contributed by atoms with Crippen LogP contribution < -0.4 is 0 Å². The Morgan fingerprint density at radius 1 is 1.12 bits per heavy atom. The van der Waals surface area contributed by atoms with E-state index in [0.717, 1.165) is 14.7 Å². The lowest BCUT2D eigenvalue weighted by Gasteiger charge is -2.13. The molecular formula is C13H12Br2OS. The molecule has 0 N–H and O–H groups in total. The van der Waals surface area contributed by atoms with Crippen LogP contribution >= 0.6 is 43.2 Å². The Balaban J connectivity index is 2.12. The van der Waals surface area contributed by atoms with Gasteiger partial charge in [-0.15, -0.1) is 11.3 Å². The van der Waals surface area contributed by atoms with Gasteiger partial charge in [0.2, 0.25) is 0 Å². The maximum absolute atomic E-state index is 5.56. The molecule has 1 nitrogen and oxygen atoms in total. The molecule has 0 spiro atoms. The smallest absolute Gasteiger partial charge is 0.0953 e. The van der Waals surface area contributed by atoms with Crippen LogP contribution in [-0.2, 0) is 11.2 Å². The second-order valence-corrected chi connectivity index (χ2v) is 7.11. The van der Waals surface area contributed by atoms with Gasteiger partial charge in [-0.1, -0.05) is 28.1 Å². The van der Waals surface area contributed by atoms with Crippen molar-refractivity contribution in [1.82, 2.24) is 0 Å². The predicted molar refractivity (Wildman–Crippen MR) is 79.6 cm³/mol. The minimum absolute atomic E-state index is 0.132. The summed E-state index contributed by atoms with van der Waals surface area (Å²) in [6.45, 7) is 0. The zero-order valence-electron chi connectivity index (χ0n) is 9.32. The van der Waals surface area contributed by atoms with Gasteiger partial charge in [0.25, 0.3) is 0 Å². The predicted octanol–water partition coefficient (Wildman–Crippen LogP) is 5.20. The van der Waals surface area contributed by atoms with Gasteiger partial charge in [0, 0.05) is 22.9 Å². The first-order chi connectivity index (χ1) is 8.19. The molecule has 1 unspecified atom stereocenters. The van der Waals surface area contributed by atoms with E-state index in [1.807, 2.05) is 0 Å². The van der Waals surface area contributed by atoms with Crippen LogP contribution in [0.4, 0.5) is 0 Å². The second kappa shape index (κ2) is 6.14. The molecule has 0 bridgehead atoms. The molecule has 90 valence electrons. The first-order valence-electron chi connectivity index (χ1n) is 5.21. The molecule has 0 aliphatic rings. The van der Waals surface area contributed by atoms with E-state index in [0.29, 0.717) is 0 Å². The molecule has 0 aliphatic heterocycles. The Hall–Kier alpha value is -0.160. The maximum Gasteiger partial charge on any atom is 0.0953 e. The molecule has 2 rings (SSSR count). The molecular weight excluding hydrogens is 364 g/mol. The van der Waals surface area contributed by atoms with E-state index in [-0.39, 0.29) is 6.10 Å². The normalized spacial score (nSPS) is 12.6. The first-order valence-corrected chi connectivity index (χ1v) is 7.62. The van der Waals surface area contributed by atoms with Gasteiger partial charge in [0.05, 0.1) is 9.89 Å². The second-order valence-electron chi connectivity index (χ2n) is 3.70. The maximum atomic E-state index is 5.56. The molecule has 0 radical (unpaired) electrons. The van der Waals surface area contributed by atoms with Gasteiger partial charge in [0.15, 0.2) is 0 Å². The monoisotopic (exact) mass is 374 g/mol. The third kappa shape index (κ3) is 3.65. The molecule has 1 heterocycles. The molecule has 1 aromatic heterocycles. The molecule has 0 saturated heterocycles. The lowest BCUT2D eigenvalue weighted by molar-refractivity contribution is 0.106. The molecule has 2 aromatic rings. The average Bonchev–Trinajstić information content (AvgIpc) is 2.75. The van der Waals surface area contributed by atoms with E-state index >= 15 is 0 Å². The van der Waals surface area contributed by atoms with Gasteiger partial charge >= 0.3 is 0 Å². The summed E-state index contributed by atoms with van der Waals surface area (Å²) in [7, 11) is 1.76. The lowest BCUT2D eigenvalue weighted by atomic mass is 10.1. The van der Waals surface area contributed by atoms with Crippen molar-refractivity contribution in [2.24, 2.45) is 0 Å². The van der Waals surface area contributed by atoms with Crippen LogP contribution in [0.25, 0.3) is 0 Å². The highest BCUT2D eigenvalue weighted by atomic mass is 79.9. The summed E-state index contributed by atoms with van der Waals surface area (Å²) in [6.07, 6.45) is 1.03. The Bertz CT molecular complexity index is 478. The Kier molecular flexibility index (Phi) is 4.79. The van der Waals surface area contributed by atoms with E-state index in [4.69, 9.17) is 4.74 Å². The van der Waals surface area contributed by atoms with E-state index < -0.39 is 0 Å². The van der Waals surface area contributed by atoms with E-state index in [1.165, 1.54) is 10.4 Å². The van der Waals surface area contributed by atoms with Crippen molar-refractivity contribution in [1.29, 1.82) is 0 Å². The largest absolute Gasteiger partial charge is 0.376 e. The van der Waals surface area contributed by atoms with Crippen molar-refractivity contribution in [3.8, 4) is 0 Å². The van der Waals surface area contributed by atoms with E-state index in [2.05, 4.69) is 68.3 Å². The van der Waals surface area contributed by atoms with Crippen LogP contribution in [0.15, 0.2) is 44.7 Å². The quantitative estimate of drug-likeness (QED) is 0.713. The van der Waals surface area contributed by atoms with E-state index in [9.17, 15) is 0 Å². The number of thiophene rings is 1. The lowest BCUT2D eigenvalue weighted by Crippen LogP contribution is -2.03. The fourth-order valence-corrected chi connectivity index (χ4v) is 3.40. The summed E-state index contributed by atoms with van der Waals surface area (Å²) < 4.78 is 7.81. The van der Waals surface area contributed by atoms with Crippen LogP contribution in [0, 0.1) is 0 Å². The molecule has 4 heteroatoms. The topological polar surface area (TPSA) is 9.23 Å². The standard InChI is InChI=1S/C13H12Br2OS/c1-16-11(12-6-7-13(15)17-12)8-9-2-4-10(14)5-3-9/h2-7,11H,8H2,1H3. The highest BCUT2D eigenvalue weighted by Crippen LogP contribution is 2.31.